The Bertz CT molecular complexity index is 3010. The van der Waals surface area contributed by atoms with Gasteiger partial charge in [0, 0.05) is 63.7 Å². The number of sulfonamides is 1. The number of allylic oxidation sites excluding steroid dienone is 10. The highest BCUT2D eigenvalue weighted by molar-refractivity contribution is 7.96. The van der Waals surface area contributed by atoms with Crippen molar-refractivity contribution in [3.63, 3.8) is 0 Å². The molecule has 0 fully saturated rings. The molecular weight excluding hydrogens is 1540 g/mol. The van der Waals surface area contributed by atoms with E-state index >= 15 is 0 Å². The third kappa shape index (κ3) is 47.0. The van der Waals surface area contributed by atoms with Crippen LogP contribution in [0, 0.1) is 11.8 Å². The second-order valence-corrected chi connectivity index (χ2v) is 30.0. The molecule has 2 unspecified atom stereocenters. The van der Waals surface area contributed by atoms with Gasteiger partial charge in [0.1, 0.15) is 5.76 Å². The van der Waals surface area contributed by atoms with Crippen LogP contribution in [0.1, 0.15) is 25.7 Å². The first-order chi connectivity index (χ1) is 54.8. The number of aliphatic carboxylic acids is 1. The number of aliphatic hydroxyl groups is 2. The Morgan fingerprint density at radius 2 is 0.643 bits per heavy atom. The first-order valence-corrected chi connectivity index (χ1v) is 43.1. The second kappa shape index (κ2) is 67.2. The maximum absolute atomic E-state index is 14.7. The van der Waals surface area contributed by atoms with Crippen LogP contribution in [0.15, 0.2) is 79.2 Å². The third-order valence-corrected chi connectivity index (χ3v) is 20.6. The van der Waals surface area contributed by atoms with Gasteiger partial charge in [-0.2, -0.15) is 0 Å². The second-order valence-electron chi connectivity index (χ2n) is 24.5. The monoisotopic (exact) mass is 1670 g/mol. The van der Waals surface area contributed by atoms with Gasteiger partial charge in [0.25, 0.3) is 0 Å². The van der Waals surface area contributed by atoms with E-state index < -0.39 is 59.4 Å². The van der Waals surface area contributed by atoms with Gasteiger partial charge in [-0.1, -0.05) is 24.3 Å². The van der Waals surface area contributed by atoms with Gasteiger partial charge in [-0.25, -0.2) is 30.0 Å². The molecule has 0 aliphatic heterocycles. The van der Waals surface area contributed by atoms with Crippen LogP contribution in [0.4, 0.5) is 0 Å². The summed E-state index contributed by atoms with van der Waals surface area (Å²) in [5, 5.41) is 33.1. The Morgan fingerprint density at radius 1 is 0.348 bits per heavy atom. The predicted molar refractivity (Wildman–Crippen MR) is 408 cm³/mol. The Morgan fingerprint density at radius 3 is 0.982 bits per heavy atom. The van der Waals surface area contributed by atoms with Crippen LogP contribution in [0.3, 0.4) is 0 Å². The summed E-state index contributed by atoms with van der Waals surface area (Å²) in [5.41, 5.74) is 1.10. The van der Waals surface area contributed by atoms with Gasteiger partial charge in [-0.15, -0.1) is 0 Å². The lowest BCUT2D eigenvalue weighted by atomic mass is 9.64. The quantitative estimate of drug-likeness (QED) is 0.0450. The fourth-order valence-corrected chi connectivity index (χ4v) is 14.7. The molecule has 0 spiro atoms. The molecule has 4 aliphatic carbocycles. The van der Waals surface area contributed by atoms with Gasteiger partial charge in [0.05, 0.1) is 305 Å². The summed E-state index contributed by atoms with van der Waals surface area (Å²) in [6.07, 6.45) is 9.97. The smallest absolute Gasteiger partial charge is 0.303 e. The van der Waals surface area contributed by atoms with Crippen molar-refractivity contribution in [3.8, 4) is 0 Å². The van der Waals surface area contributed by atoms with Crippen LogP contribution in [0.5, 0.6) is 0 Å². The fraction of sp³-hybridized carbons (Fsp3) is 0.795. The van der Waals surface area contributed by atoms with E-state index in [2.05, 4.69) is 15.4 Å². The first kappa shape index (κ1) is 101. The lowest BCUT2D eigenvalue weighted by Crippen LogP contribution is -2.38. The zero-order chi connectivity index (χ0) is 80.4. The van der Waals surface area contributed by atoms with Gasteiger partial charge in [0.15, 0.2) is 11.9 Å². The maximum atomic E-state index is 14.7. The molecule has 650 valence electrons. The van der Waals surface area contributed by atoms with E-state index in [4.69, 9.17) is 119 Å². The number of sulfone groups is 2. The van der Waals surface area contributed by atoms with Crippen LogP contribution in [-0.2, 0) is 143 Å². The van der Waals surface area contributed by atoms with Crippen molar-refractivity contribution in [2.75, 3.05) is 342 Å². The molecule has 0 aromatic carbocycles. The van der Waals surface area contributed by atoms with Gasteiger partial charge in [-0.05, 0) is 48.1 Å². The van der Waals surface area contributed by atoms with Crippen molar-refractivity contribution in [1.29, 1.82) is 0 Å². The SMILES string of the molecule is COCCOCCOCCOCCOCCOCCOCCOCCNS(=O)(=O)C1=CC(S(=O)(=O)COCCOCCOCCOCCNCCOCCOCCOCCO)=C2C=CC3=C(S(=O)(=O)COCCOCCOCCOCCNCCOCCOCCOCCO)C=C(OCCCCCC(=O)O)C4=CC=C1C2C43. The lowest BCUT2D eigenvalue weighted by molar-refractivity contribution is -0.137. The normalized spacial score (nSPS) is 15.7. The molecule has 0 aromatic rings. The van der Waals surface area contributed by atoms with E-state index in [0.29, 0.717) is 229 Å². The molecule has 0 amide bonds. The van der Waals surface area contributed by atoms with Crippen LogP contribution in [0.25, 0.3) is 0 Å². The number of ether oxygens (including phenoxy) is 23. The molecular formula is C73H127N3O33S3. The number of nitrogens with one attached hydrogen (secondary N) is 3. The van der Waals surface area contributed by atoms with E-state index in [-0.39, 0.29) is 162 Å². The number of rotatable bonds is 85. The zero-order valence-electron chi connectivity index (χ0n) is 65.3. The van der Waals surface area contributed by atoms with Crippen LogP contribution in [-0.4, -0.2) is 389 Å². The van der Waals surface area contributed by atoms with Gasteiger partial charge >= 0.3 is 5.97 Å². The number of unbranched alkanes of at least 4 members (excludes halogenated alkanes) is 2. The number of carboxylic acids is 1. The fourth-order valence-electron chi connectivity index (χ4n) is 10.7. The van der Waals surface area contributed by atoms with Crippen molar-refractivity contribution in [3.05, 3.63) is 79.2 Å². The topological polar surface area (TPSA) is 429 Å². The largest absolute Gasteiger partial charge is 0.493 e. The highest BCUT2D eigenvalue weighted by Gasteiger charge is 2.49. The summed E-state index contributed by atoms with van der Waals surface area (Å²) in [6.45, 7) is 15.6. The van der Waals surface area contributed by atoms with Crippen molar-refractivity contribution in [1.82, 2.24) is 15.4 Å². The zero-order valence-corrected chi connectivity index (χ0v) is 67.8. The van der Waals surface area contributed by atoms with E-state index in [1.807, 2.05) is 0 Å². The first-order valence-electron chi connectivity index (χ1n) is 38.4. The van der Waals surface area contributed by atoms with E-state index in [0.717, 1.165) is 6.08 Å². The molecule has 6 N–H and O–H groups in total. The minimum atomic E-state index is -4.55. The summed E-state index contributed by atoms with van der Waals surface area (Å²) in [4.78, 5) is 10.4. The average Bonchev–Trinajstić information content (AvgIpc) is 0.705. The van der Waals surface area contributed by atoms with Crippen molar-refractivity contribution in [2.24, 2.45) is 11.8 Å². The number of aliphatic hydroxyl groups excluding tert-OH is 2. The molecule has 39 heteroatoms. The standard InChI is InChI=1S/C73H127N3O33S3/c1-87-25-26-95-41-42-101-45-46-103-49-50-104-48-47-102-44-43-100-38-31-92-22-14-76-112(85,86)70-60-69(111(83,84)62-108-58-56-106-54-52-99-37-30-91-21-13-75-11-19-89-28-35-97-40-33-94-24-16-78)65-9-8-64-68(59-67(109-17-4-2-3-5-71(79)80)63-6-7-66(70)73(65)72(63)64)110(81,82)61-107-57-55-105-53-51-98-36-29-90-20-12-74-10-18-88-27-34-96-39-32-93-23-15-77/h6-9,59-60,72-78H,2-5,10-58,61-62H2,1H3,(H,79,80). The van der Waals surface area contributed by atoms with E-state index in [9.17, 15) is 35.2 Å². The number of methoxy groups -OCH3 is 1. The van der Waals surface area contributed by atoms with Crippen LogP contribution < -0.4 is 15.4 Å². The highest BCUT2D eigenvalue weighted by atomic mass is 32.2. The van der Waals surface area contributed by atoms with Crippen LogP contribution >= 0.6 is 0 Å². The Hall–Kier alpha value is -3.78. The highest BCUT2D eigenvalue weighted by Crippen LogP contribution is 2.55. The number of hydrogen-bond acceptors (Lipinski definition) is 34. The molecule has 2 atom stereocenters. The van der Waals surface area contributed by atoms with Crippen molar-refractivity contribution in [2.45, 2.75) is 25.7 Å². The maximum Gasteiger partial charge on any atom is 0.303 e. The predicted octanol–water partition coefficient (Wildman–Crippen LogP) is 0.443. The van der Waals surface area contributed by atoms with Crippen molar-refractivity contribution >= 4 is 35.7 Å². The molecule has 112 heavy (non-hydrogen) atoms. The molecule has 0 radical (unpaired) electrons. The minimum Gasteiger partial charge on any atom is -0.493 e. The molecule has 0 aromatic heterocycles. The minimum absolute atomic E-state index is 0.00280. The summed E-state index contributed by atoms with van der Waals surface area (Å²) in [7, 11) is -11.8. The Labute approximate surface area is 661 Å². The summed E-state index contributed by atoms with van der Waals surface area (Å²) in [5.74, 6) is -4.51. The van der Waals surface area contributed by atoms with Crippen molar-refractivity contribution < 1.29 is 154 Å². The molecule has 4 rings (SSSR count). The van der Waals surface area contributed by atoms with E-state index in [1.54, 1.807) is 19.3 Å². The Kier molecular flexibility index (Phi) is 60.3. The number of hydrogen-bond donors (Lipinski definition) is 6. The molecule has 36 nitrogen and oxygen atoms in total. The van der Waals surface area contributed by atoms with E-state index in [1.165, 1.54) is 18.2 Å². The summed E-state index contributed by atoms with van der Waals surface area (Å²) < 4.78 is 218. The lowest BCUT2D eigenvalue weighted by Gasteiger charge is -2.43. The summed E-state index contributed by atoms with van der Waals surface area (Å²) in [6, 6.07) is 0. The van der Waals surface area contributed by atoms with Gasteiger partial charge in [0.2, 0.25) is 29.7 Å². The molecule has 4 aliphatic rings. The Balaban J connectivity index is 1.32. The average molecular weight is 1670 g/mol. The molecule has 0 heterocycles. The molecule has 0 saturated carbocycles. The number of carbonyl (C=O) groups is 1. The summed E-state index contributed by atoms with van der Waals surface area (Å²) >= 11 is 0. The van der Waals surface area contributed by atoms with Crippen LogP contribution in [0.2, 0.25) is 0 Å². The van der Waals surface area contributed by atoms with Gasteiger partial charge in [-0.3, -0.25) is 4.79 Å². The van der Waals surface area contributed by atoms with Gasteiger partial charge < -0.3 is 135 Å². The number of carboxylic acid groups (broad SMARTS) is 1. The molecule has 0 saturated heterocycles. The third-order valence-electron chi connectivity index (χ3n) is 16.0. The molecule has 0 bridgehead atoms.